The Morgan fingerprint density at radius 1 is 1.62 bits per heavy atom. The van der Waals surface area contributed by atoms with E-state index in [1.54, 1.807) is 13.1 Å². The maximum atomic E-state index is 11.6. The second kappa shape index (κ2) is 5.23. The number of hydrogen-bond donors (Lipinski definition) is 2. The van der Waals surface area contributed by atoms with E-state index in [0.717, 1.165) is 5.69 Å². The van der Waals surface area contributed by atoms with Crippen molar-refractivity contribution in [2.45, 2.75) is 19.9 Å². The third kappa shape index (κ3) is 4.55. The zero-order chi connectivity index (χ0) is 12.2. The van der Waals surface area contributed by atoms with E-state index in [-0.39, 0.29) is 18.7 Å². The molecule has 1 heterocycles. The van der Waals surface area contributed by atoms with Crippen LogP contribution in [0.3, 0.4) is 0 Å². The van der Waals surface area contributed by atoms with E-state index < -0.39 is 13.3 Å². The van der Waals surface area contributed by atoms with Gasteiger partial charge in [0, 0.05) is 24.9 Å². The fourth-order valence-corrected chi connectivity index (χ4v) is 2.47. The van der Waals surface area contributed by atoms with Crippen molar-refractivity contribution in [1.29, 1.82) is 0 Å². The first kappa shape index (κ1) is 12.9. The van der Waals surface area contributed by atoms with Gasteiger partial charge in [-0.2, -0.15) is 0 Å². The largest absolute Gasteiger partial charge is 0.370 e. The van der Waals surface area contributed by atoms with Crippen LogP contribution in [0.4, 0.5) is 0 Å². The van der Waals surface area contributed by atoms with Crippen molar-refractivity contribution >= 4 is 13.3 Å². The lowest BCUT2D eigenvalue weighted by Crippen LogP contribution is -2.14. The van der Waals surface area contributed by atoms with Crippen molar-refractivity contribution in [1.82, 2.24) is 15.0 Å². The van der Waals surface area contributed by atoms with E-state index in [0.29, 0.717) is 6.54 Å². The van der Waals surface area contributed by atoms with Crippen LogP contribution in [0.15, 0.2) is 6.20 Å². The van der Waals surface area contributed by atoms with E-state index in [1.807, 2.05) is 0 Å². The Morgan fingerprint density at radius 2 is 2.31 bits per heavy atom. The van der Waals surface area contributed by atoms with Crippen LogP contribution >= 0.6 is 7.37 Å². The highest BCUT2D eigenvalue weighted by Crippen LogP contribution is 2.40. The summed E-state index contributed by atoms with van der Waals surface area (Å²) in [7, 11) is -3.29. The average Bonchev–Trinajstić information content (AvgIpc) is 2.59. The molecular formula is C8H15N4O3P. The molecule has 0 saturated carbocycles. The normalized spacial score (nSPS) is 14.6. The molecule has 1 atom stereocenters. The molecule has 1 unspecified atom stereocenters. The van der Waals surface area contributed by atoms with Crippen LogP contribution in [-0.4, -0.2) is 38.1 Å². The van der Waals surface area contributed by atoms with Gasteiger partial charge in [0.25, 0.3) is 0 Å². The molecule has 7 nitrogen and oxygen atoms in total. The molecule has 0 aliphatic heterocycles. The number of primary amides is 1. The molecule has 0 aliphatic carbocycles. The third-order valence-corrected chi connectivity index (χ3v) is 3.86. The van der Waals surface area contributed by atoms with Gasteiger partial charge in [-0.3, -0.25) is 14.0 Å². The van der Waals surface area contributed by atoms with Crippen molar-refractivity contribution in [2.75, 3.05) is 12.3 Å². The first-order valence-electron chi connectivity index (χ1n) is 4.85. The van der Waals surface area contributed by atoms with Crippen molar-refractivity contribution in [3.8, 4) is 0 Å². The lowest BCUT2D eigenvalue weighted by Gasteiger charge is -2.09. The fraction of sp³-hybridized carbons (Fsp3) is 0.625. The van der Waals surface area contributed by atoms with Gasteiger partial charge < -0.3 is 10.6 Å². The minimum atomic E-state index is -3.29. The number of aryl methyl sites for hydroxylation is 2. The molecule has 8 heteroatoms. The minimum absolute atomic E-state index is 0.0653. The van der Waals surface area contributed by atoms with Gasteiger partial charge in [0.1, 0.15) is 0 Å². The number of carbonyl (C=O) groups is 1. The first-order chi connectivity index (χ1) is 7.39. The zero-order valence-electron chi connectivity index (χ0n) is 9.04. The molecule has 1 rings (SSSR count). The first-order valence-corrected chi connectivity index (χ1v) is 6.88. The van der Waals surface area contributed by atoms with Gasteiger partial charge in [-0.1, -0.05) is 5.21 Å². The molecule has 0 bridgehead atoms. The molecule has 1 aromatic rings. The predicted molar refractivity (Wildman–Crippen MR) is 58.1 cm³/mol. The van der Waals surface area contributed by atoms with Gasteiger partial charge >= 0.3 is 0 Å². The number of nitrogens with two attached hydrogens (primary N) is 1. The van der Waals surface area contributed by atoms with Gasteiger partial charge in [-0.15, -0.1) is 5.10 Å². The lowest BCUT2D eigenvalue weighted by atomic mass is 10.5. The molecule has 0 aliphatic rings. The van der Waals surface area contributed by atoms with Crippen LogP contribution in [0.2, 0.25) is 0 Å². The molecule has 1 aromatic heterocycles. The maximum Gasteiger partial charge on any atom is 0.217 e. The van der Waals surface area contributed by atoms with Gasteiger partial charge in [-0.05, 0) is 6.92 Å². The van der Waals surface area contributed by atoms with Crippen molar-refractivity contribution in [2.24, 2.45) is 5.73 Å². The van der Waals surface area contributed by atoms with Gasteiger partial charge in [0.05, 0.1) is 12.2 Å². The topological polar surface area (TPSA) is 111 Å². The highest BCUT2D eigenvalue weighted by Gasteiger charge is 2.19. The molecule has 90 valence electrons. The summed E-state index contributed by atoms with van der Waals surface area (Å²) >= 11 is 0. The molecule has 0 fully saturated rings. The monoisotopic (exact) mass is 246 g/mol. The van der Waals surface area contributed by atoms with Crippen molar-refractivity contribution in [3.05, 3.63) is 11.9 Å². The predicted octanol–water partition coefficient (Wildman–Crippen LogP) is -0.268. The number of nitrogens with zero attached hydrogens (tertiary/aromatic N) is 3. The Balaban J connectivity index is 2.41. The number of aromatic nitrogens is 3. The highest BCUT2D eigenvalue weighted by molar-refractivity contribution is 7.58. The fourth-order valence-electron chi connectivity index (χ4n) is 1.16. The summed E-state index contributed by atoms with van der Waals surface area (Å²) in [5.41, 5.74) is 5.67. The van der Waals surface area contributed by atoms with Crippen molar-refractivity contribution in [3.63, 3.8) is 0 Å². The van der Waals surface area contributed by atoms with E-state index in [2.05, 4.69) is 10.3 Å². The van der Waals surface area contributed by atoms with E-state index in [4.69, 9.17) is 5.73 Å². The Labute approximate surface area is 93.1 Å². The highest BCUT2D eigenvalue weighted by atomic mass is 31.2. The Hall–Kier alpha value is -1.20. The number of rotatable bonds is 6. The van der Waals surface area contributed by atoms with Crippen LogP contribution in [-0.2, 0) is 15.9 Å². The number of hydrogen-bond acceptors (Lipinski definition) is 4. The van der Waals surface area contributed by atoms with E-state index >= 15 is 0 Å². The van der Waals surface area contributed by atoms with Crippen LogP contribution in [0.1, 0.15) is 12.1 Å². The number of amides is 1. The summed E-state index contributed by atoms with van der Waals surface area (Å²) in [6.45, 7) is 2.10. The van der Waals surface area contributed by atoms with Crippen LogP contribution in [0, 0.1) is 6.92 Å². The second-order valence-electron chi connectivity index (χ2n) is 3.63. The van der Waals surface area contributed by atoms with Crippen LogP contribution < -0.4 is 5.73 Å². The summed E-state index contributed by atoms with van der Waals surface area (Å²) in [5, 5.41) is 7.52. The summed E-state index contributed by atoms with van der Waals surface area (Å²) in [5.74, 6) is -0.564. The summed E-state index contributed by atoms with van der Waals surface area (Å²) in [4.78, 5) is 20.0. The second-order valence-corrected chi connectivity index (χ2v) is 6.22. The van der Waals surface area contributed by atoms with Crippen molar-refractivity contribution < 1.29 is 14.3 Å². The summed E-state index contributed by atoms with van der Waals surface area (Å²) in [6, 6.07) is 0. The lowest BCUT2D eigenvalue weighted by molar-refractivity contribution is -0.117. The Bertz CT molecular complexity index is 417. The molecule has 0 saturated heterocycles. The molecule has 1 amide bonds. The molecule has 3 N–H and O–H groups in total. The molecule has 0 spiro atoms. The van der Waals surface area contributed by atoms with E-state index in [9.17, 15) is 14.3 Å². The summed E-state index contributed by atoms with van der Waals surface area (Å²) < 4.78 is 13.1. The smallest absolute Gasteiger partial charge is 0.217 e. The molecule has 16 heavy (non-hydrogen) atoms. The maximum absolute atomic E-state index is 11.6. The van der Waals surface area contributed by atoms with Crippen LogP contribution in [0.25, 0.3) is 0 Å². The van der Waals surface area contributed by atoms with Gasteiger partial charge in [0.15, 0.2) is 0 Å². The molecule has 0 radical (unpaired) electrons. The third-order valence-electron chi connectivity index (χ3n) is 2.04. The zero-order valence-corrected chi connectivity index (χ0v) is 9.93. The van der Waals surface area contributed by atoms with E-state index in [1.165, 1.54) is 4.68 Å². The van der Waals surface area contributed by atoms with Crippen LogP contribution in [0.5, 0.6) is 0 Å². The Morgan fingerprint density at radius 3 is 2.81 bits per heavy atom. The van der Waals surface area contributed by atoms with Gasteiger partial charge in [-0.25, -0.2) is 0 Å². The van der Waals surface area contributed by atoms with Gasteiger partial charge in [0.2, 0.25) is 13.3 Å². The quantitative estimate of drug-likeness (QED) is 0.671. The summed E-state index contributed by atoms with van der Waals surface area (Å²) in [6.07, 6.45) is 1.62. The molecule has 0 aromatic carbocycles. The minimum Gasteiger partial charge on any atom is -0.370 e. The Kier molecular flexibility index (Phi) is 4.20. The standard InChI is InChI=1S/C8H15N4O3P/c1-7-6-12(11-10-7)3-5-16(14,15)4-2-8(9)13/h6H,2-5H2,1H3,(H2,9,13)(H,14,15). The average molecular weight is 246 g/mol. The molecular weight excluding hydrogens is 231 g/mol. The number of carbonyl (C=O) groups excluding carboxylic acids is 1. The SMILES string of the molecule is Cc1cn(CCP(=O)(O)CCC(N)=O)nn1.